The molecule has 148 valence electrons. The van der Waals surface area contributed by atoms with Crippen LogP contribution in [-0.4, -0.2) is 44.4 Å². The summed E-state index contributed by atoms with van der Waals surface area (Å²) < 4.78 is 10.4. The van der Waals surface area contributed by atoms with Gasteiger partial charge in [-0.25, -0.2) is 9.98 Å². The Morgan fingerprint density at radius 3 is 2.58 bits per heavy atom. The van der Waals surface area contributed by atoms with E-state index in [4.69, 9.17) is 9.47 Å². The van der Waals surface area contributed by atoms with Gasteiger partial charge in [0, 0.05) is 32.5 Å². The lowest BCUT2D eigenvalue weighted by Crippen LogP contribution is -2.46. The van der Waals surface area contributed by atoms with Crippen LogP contribution in [0.15, 0.2) is 23.3 Å². The second kappa shape index (κ2) is 12.3. The number of pyridine rings is 1. The van der Waals surface area contributed by atoms with Crippen LogP contribution in [0.1, 0.15) is 45.1 Å². The van der Waals surface area contributed by atoms with Gasteiger partial charge in [0.25, 0.3) is 0 Å². The van der Waals surface area contributed by atoms with Gasteiger partial charge in [-0.15, -0.1) is 24.0 Å². The second-order valence-corrected chi connectivity index (χ2v) is 6.60. The number of nitrogens with zero attached hydrogens (tertiary/aromatic N) is 2. The fourth-order valence-corrected chi connectivity index (χ4v) is 2.93. The lowest BCUT2D eigenvalue weighted by Gasteiger charge is -2.41. The Labute approximate surface area is 174 Å². The summed E-state index contributed by atoms with van der Waals surface area (Å²) in [6.45, 7) is 7.89. The molecule has 1 heterocycles. The lowest BCUT2D eigenvalue weighted by atomic mass is 9.67. The Kier molecular flexibility index (Phi) is 10.9. The molecule has 1 fully saturated rings. The van der Waals surface area contributed by atoms with Crippen molar-refractivity contribution in [2.24, 2.45) is 10.4 Å². The molecule has 0 aliphatic heterocycles. The SMILES string of the molecule is CCNC(=NCc1ccc(OCCOC)nc1)NCC1(CC)CCC1.I. The standard InChI is InChI=1S/C19H32N4O2.HI/c1-4-19(9-6-10-19)15-23-18(20-5-2)22-14-16-7-8-17(21-13-16)25-12-11-24-3;/h7-8,13H,4-6,9-12,14-15H2,1-3H3,(H2,20,22,23);1H. The van der Waals surface area contributed by atoms with E-state index in [9.17, 15) is 0 Å². The molecule has 7 heteroatoms. The van der Waals surface area contributed by atoms with E-state index in [2.05, 4.69) is 34.5 Å². The number of hydrogen-bond donors (Lipinski definition) is 2. The highest BCUT2D eigenvalue weighted by molar-refractivity contribution is 14.0. The van der Waals surface area contributed by atoms with Crippen molar-refractivity contribution < 1.29 is 9.47 Å². The van der Waals surface area contributed by atoms with Gasteiger partial charge in [-0.1, -0.05) is 19.4 Å². The van der Waals surface area contributed by atoms with Crippen molar-refractivity contribution in [1.82, 2.24) is 15.6 Å². The third-order valence-corrected chi connectivity index (χ3v) is 4.89. The number of rotatable bonds is 10. The highest BCUT2D eigenvalue weighted by Gasteiger charge is 2.34. The summed E-state index contributed by atoms with van der Waals surface area (Å²) in [5.41, 5.74) is 1.53. The van der Waals surface area contributed by atoms with Crippen LogP contribution in [0.4, 0.5) is 0 Å². The molecular weight excluding hydrogens is 443 g/mol. The first-order chi connectivity index (χ1) is 12.2. The number of aliphatic imine (C=N–C) groups is 1. The van der Waals surface area contributed by atoms with Crippen molar-refractivity contribution in [1.29, 1.82) is 0 Å². The van der Waals surface area contributed by atoms with Gasteiger partial charge in [-0.2, -0.15) is 0 Å². The number of halogens is 1. The fraction of sp³-hybridized carbons (Fsp3) is 0.684. The quantitative estimate of drug-likeness (QED) is 0.235. The molecule has 0 saturated heterocycles. The predicted molar refractivity (Wildman–Crippen MR) is 116 cm³/mol. The zero-order chi connectivity index (χ0) is 18.0. The van der Waals surface area contributed by atoms with E-state index >= 15 is 0 Å². The van der Waals surface area contributed by atoms with Gasteiger partial charge in [-0.3, -0.25) is 0 Å². The van der Waals surface area contributed by atoms with Gasteiger partial charge in [0.2, 0.25) is 5.88 Å². The molecule has 0 aromatic carbocycles. The third-order valence-electron chi connectivity index (χ3n) is 4.89. The van der Waals surface area contributed by atoms with E-state index in [0.29, 0.717) is 31.1 Å². The van der Waals surface area contributed by atoms with Gasteiger partial charge >= 0.3 is 0 Å². The van der Waals surface area contributed by atoms with Gasteiger partial charge < -0.3 is 20.1 Å². The minimum Gasteiger partial charge on any atom is -0.475 e. The van der Waals surface area contributed by atoms with Crippen LogP contribution < -0.4 is 15.4 Å². The van der Waals surface area contributed by atoms with Crippen molar-refractivity contribution in [2.75, 3.05) is 33.4 Å². The number of methoxy groups -OCH3 is 1. The molecule has 2 rings (SSSR count). The van der Waals surface area contributed by atoms with Gasteiger partial charge in [0.05, 0.1) is 13.2 Å². The van der Waals surface area contributed by atoms with E-state index in [1.165, 1.54) is 25.7 Å². The van der Waals surface area contributed by atoms with Crippen molar-refractivity contribution >= 4 is 29.9 Å². The lowest BCUT2D eigenvalue weighted by molar-refractivity contribution is 0.131. The molecule has 0 unspecified atom stereocenters. The Morgan fingerprint density at radius 2 is 2.04 bits per heavy atom. The summed E-state index contributed by atoms with van der Waals surface area (Å²) in [4.78, 5) is 8.99. The Hall–Kier alpha value is -1.09. The minimum atomic E-state index is 0. The number of guanidine groups is 1. The normalized spacial score (nSPS) is 15.6. The highest BCUT2D eigenvalue weighted by atomic mass is 127. The summed E-state index contributed by atoms with van der Waals surface area (Å²) in [5.74, 6) is 1.49. The molecule has 1 aromatic rings. The summed E-state index contributed by atoms with van der Waals surface area (Å²) in [6.07, 6.45) is 7.05. The van der Waals surface area contributed by atoms with E-state index in [0.717, 1.165) is 24.6 Å². The van der Waals surface area contributed by atoms with Crippen LogP contribution in [0.2, 0.25) is 0 Å². The Bertz CT molecular complexity index is 527. The molecule has 1 aliphatic rings. The molecule has 6 nitrogen and oxygen atoms in total. The maximum absolute atomic E-state index is 5.48. The highest BCUT2D eigenvalue weighted by Crippen LogP contribution is 2.42. The molecule has 0 atom stereocenters. The molecule has 1 aliphatic carbocycles. The summed E-state index contributed by atoms with van der Waals surface area (Å²) >= 11 is 0. The van der Waals surface area contributed by atoms with Crippen LogP contribution in [0.25, 0.3) is 0 Å². The van der Waals surface area contributed by atoms with E-state index in [-0.39, 0.29) is 24.0 Å². The monoisotopic (exact) mass is 476 g/mol. The largest absolute Gasteiger partial charge is 0.475 e. The number of nitrogens with one attached hydrogen (secondary N) is 2. The van der Waals surface area contributed by atoms with E-state index in [1.54, 1.807) is 7.11 Å². The molecule has 2 N–H and O–H groups in total. The molecule has 0 spiro atoms. The van der Waals surface area contributed by atoms with Crippen molar-refractivity contribution in [3.63, 3.8) is 0 Å². The summed E-state index contributed by atoms with van der Waals surface area (Å²) in [5, 5.41) is 6.83. The first-order valence-corrected chi connectivity index (χ1v) is 9.30. The second-order valence-electron chi connectivity index (χ2n) is 6.60. The first-order valence-electron chi connectivity index (χ1n) is 9.30. The summed E-state index contributed by atoms with van der Waals surface area (Å²) in [6, 6.07) is 3.88. The molecule has 0 radical (unpaired) electrons. The van der Waals surface area contributed by atoms with Crippen molar-refractivity contribution in [3.8, 4) is 5.88 Å². The van der Waals surface area contributed by atoms with Crippen LogP contribution in [0.3, 0.4) is 0 Å². The van der Waals surface area contributed by atoms with Crippen LogP contribution in [-0.2, 0) is 11.3 Å². The molecule has 26 heavy (non-hydrogen) atoms. The molecule has 0 amide bonds. The fourth-order valence-electron chi connectivity index (χ4n) is 2.93. The maximum atomic E-state index is 5.48. The van der Waals surface area contributed by atoms with Gasteiger partial charge in [0.1, 0.15) is 6.61 Å². The van der Waals surface area contributed by atoms with Gasteiger partial charge in [0.15, 0.2) is 5.96 Å². The molecular formula is C19H33IN4O2. The smallest absolute Gasteiger partial charge is 0.213 e. The molecule has 1 aromatic heterocycles. The topological polar surface area (TPSA) is 67.8 Å². The number of hydrogen-bond acceptors (Lipinski definition) is 4. The van der Waals surface area contributed by atoms with Crippen LogP contribution in [0.5, 0.6) is 5.88 Å². The Balaban J connectivity index is 0.00000338. The van der Waals surface area contributed by atoms with E-state index < -0.39 is 0 Å². The van der Waals surface area contributed by atoms with Crippen molar-refractivity contribution in [3.05, 3.63) is 23.9 Å². The Morgan fingerprint density at radius 1 is 1.23 bits per heavy atom. The average molecular weight is 476 g/mol. The number of aromatic nitrogens is 1. The van der Waals surface area contributed by atoms with E-state index in [1.807, 2.05) is 18.3 Å². The zero-order valence-electron chi connectivity index (χ0n) is 16.2. The average Bonchev–Trinajstić information content (AvgIpc) is 2.60. The minimum absolute atomic E-state index is 0. The van der Waals surface area contributed by atoms with Gasteiger partial charge in [-0.05, 0) is 37.2 Å². The third kappa shape index (κ3) is 7.26. The first kappa shape index (κ1) is 23.0. The van der Waals surface area contributed by atoms with Crippen LogP contribution >= 0.6 is 24.0 Å². The summed E-state index contributed by atoms with van der Waals surface area (Å²) in [7, 11) is 1.65. The predicted octanol–water partition coefficient (Wildman–Crippen LogP) is 3.36. The molecule has 0 bridgehead atoms. The number of ether oxygens (including phenoxy) is 2. The maximum Gasteiger partial charge on any atom is 0.213 e. The van der Waals surface area contributed by atoms with Crippen molar-refractivity contribution in [2.45, 2.75) is 46.1 Å². The van der Waals surface area contributed by atoms with Crippen LogP contribution in [0, 0.1) is 5.41 Å². The zero-order valence-corrected chi connectivity index (χ0v) is 18.5. The molecule has 1 saturated carbocycles.